The van der Waals surface area contributed by atoms with Gasteiger partial charge in [0.2, 0.25) is 5.78 Å². The van der Waals surface area contributed by atoms with Crippen LogP contribution < -0.4 is 0 Å². The molecule has 1 aliphatic carbocycles. The number of pyridine rings is 1. The van der Waals surface area contributed by atoms with Crippen LogP contribution in [0.1, 0.15) is 20.8 Å². The van der Waals surface area contributed by atoms with Crippen molar-refractivity contribution in [2.45, 2.75) is 0 Å². The highest BCUT2D eigenvalue weighted by Gasteiger charge is 2.26. The van der Waals surface area contributed by atoms with Crippen LogP contribution in [-0.2, 0) is 0 Å². The van der Waals surface area contributed by atoms with Gasteiger partial charge in [-0.1, -0.05) is 0 Å². The summed E-state index contributed by atoms with van der Waals surface area (Å²) in [4.78, 5) is 29.5. The van der Waals surface area contributed by atoms with Gasteiger partial charge in [-0.25, -0.2) is 0 Å². The maximum atomic E-state index is 12.0. The minimum Gasteiger partial charge on any atom is -0.305 e. The van der Waals surface area contributed by atoms with Crippen molar-refractivity contribution in [3.8, 4) is 0 Å². The molecule has 0 saturated carbocycles. The molecule has 1 aromatic rings. The van der Waals surface area contributed by atoms with E-state index in [0.29, 0.717) is 17.7 Å². The van der Waals surface area contributed by atoms with E-state index in [4.69, 9.17) is 0 Å². The number of likely N-dealkylation sites (N-methyl/N-ethyl adjacent to an activating group) is 1. The summed E-state index contributed by atoms with van der Waals surface area (Å²) in [6.45, 7) is 0.471. The van der Waals surface area contributed by atoms with E-state index in [1.807, 2.05) is 19.0 Å². The summed E-state index contributed by atoms with van der Waals surface area (Å²) in [7, 11) is 3.72. The molecule has 0 fully saturated rings. The molecule has 0 amide bonds. The van der Waals surface area contributed by atoms with Crippen molar-refractivity contribution in [1.29, 1.82) is 0 Å². The lowest BCUT2D eigenvalue weighted by molar-refractivity contribution is 0.0975. The monoisotopic (exact) mass is 216 g/mol. The lowest BCUT2D eigenvalue weighted by Crippen LogP contribution is -2.25. The summed E-state index contributed by atoms with van der Waals surface area (Å²) in [6, 6.07) is 3.31. The van der Waals surface area contributed by atoms with Crippen LogP contribution in [-0.4, -0.2) is 42.1 Å². The van der Waals surface area contributed by atoms with Crippen molar-refractivity contribution >= 4 is 11.6 Å². The Morgan fingerprint density at radius 2 is 2.06 bits per heavy atom. The fraction of sp³-hybridized carbons (Fsp3) is 0.250. The number of rotatable bonds is 2. The summed E-state index contributed by atoms with van der Waals surface area (Å²) in [6.07, 6.45) is 2.91. The summed E-state index contributed by atoms with van der Waals surface area (Å²) in [5.74, 6) is -0.288. The van der Waals surface area contributed by atoms with Crippen LogP contribution in [0.4, 0.5) is 0 Å². The lowest BCUT2D eigenvalue weighted by atomic mass is 9.93. The van der Waals surface area contributed by atoms with Gasteiger partial charge in [-0.3, -0.25) is 14.6 Å². The molecule has 16 heavy (non-hydrogen) atoms. The minimum absolute atomic E-state index is 0.101. The van der Waals surface area contributed by atoms with Gasteiger partial charge in [-0.15, -0.1) is 0 Å². The third-order valence-electron chi connectivity index (χ3n) is 2.37. The van der Waals surface area contributed by atoms with E-state index < -0.39 is 0 Å². The number of allylic oxidation sites excluding steroid dienone is 1. The first-order valence-corrected chi connectivity index (χ1v) is 4.99. The van der Waals surface area contributed by atoms with Crippen molar-refractivity contribution in [3.63, 3.8) is 0 Å². The van der Waals surface area contributed by atoms with Gasteiger partial charge in [0, 0.05) is 18.3 Å². The van der Waals surface area contributed by atoms with Gasteiger partial charge in [-0.05, 0) is 32.3 Å². The van der Waals surface area contributed by atoms with Crippen LogP contribution in [0.3, 0.4) is 0 Å². The number of Topliss-reactive ketones (excluding diaryl/α,β-unsaturated/α-hetero) is 1. The molecular formula is C12H12N2O2. The van der Waals surface area contributed by atoms with Crippen molar-refractivity contribution in [2.75, 3.05) is 20.6 Å². The molecule has 0 saturated heterocycles. The molecule has 0 atom stereocenters. The van der Waals surface area contributed by atoms with E-state index in [1.165, 1.54) is 12.3 Å². The molecule has 0 N–H and O–H groups in total. The Kier molecular flexibility index (Phi) is 2.66. The maximum Gasteiger partial charge on any atom is 0.205 e. The third-order valence-corrected chi connectivity index (χ3v) is 2.37. The molecule has 4 nitrogen and oxygen atoms in total. The van der Waals surface area contributed by atoms with Gasteiger partial charge in [-0.2, -0.15) is 0 Å². The number of ketones is 2. The van der Waals surface area contributed by atoms with Crippen LogP contribution in [0.5, 0.6) is 0 Å². The zero-order valence-electron chi connectivity index (χ0n) is 9.23. The second-order valence-corrected chi connectivity index (χ2v) is 4.00. The highest BCUT2D eigenvalue weighted by atomic mass is 16.1. The molecule has 0 bridgehead atoms. The number of carbonyl (C=O) groups is 2. The predicted octanol–water partition coefficient (Wildman–Crippen LogP) is 0.949. The topological polar surface area (TPSA) is 50.3 Å². The molecule has 1 heterocycles. The highest BCUT2D eigenvalue weighted by molar-refractivity contribution is 6.23. The summed E-state index contributed by atoms with van der Waals surface area (Å²) in [5, 5.41) is 0. The van der Waals surface area contributed by atoms with Crippen LogP contribution in [0.15, 0.2) is 30.0 Å². The Hall–Kier alpha value is -1.81. The van der Waals surface area contributed by atoms with Crippen LogP contribution in [0.25, 0.3) is 0 Å². The number of carbonyl (C=O) groups excluding carboxylic acids is 2. The molecule has 0 radical (unpaired) electrons. The Bertz CT molecular complexity index is 490. The molecule has 1 aliphatic rings. The van der Waals surface area contributed by atoms with Crippen molar-refractivity contribution in [3.05, 3.63) is 41.2 Å². The SMILES string of the molecule is CN(C)CC1=CC(=O)c2ncccc2C1=O. The van der Waals surface area contributed by atoms with Gasteiger partial charge >= 0.3 is 0 Å². The number of hydrogen-bond donors (Lipinski definition) is 0. The molecule has 0 spiro atoms. The summed E-state index contributed by atoms with van der Waals surface area (Å²) in [5.41, 5.74) is 1.19. The number of nitrogens with zero attached hydrogens (tertiary/aromatic N) is 2. The molecule has 1 aromatic heterocycles. The van der Waals surface area contributed by atoms with Crippen molar-refractivity contribution < 1.29 is 9.59 Å². The molecule has 82 valence electrons. The van der Waals surface area contributed by atoms with E-state index in [-0.39, 0.29) is 17.3 Å². The first kappa shape index (κ1) is 10.7. The Morgan fingerprint density at radius 1 is 1.31 bits per heavy atom. The Balaban J connectivity index is 2.43. The van der Waals surface area contributed by atoms with Gasteiger partial charge < -0.3 is 4.90 Å². The molecule has 0 unspecified atom stereocenters. The van der Waals surface area contributed by atoms with E-state index in [2.05, 4.69) is 4.98 Å². The summed E-state index contributed by atoms with van der Waals surface area (Å²) >= 11 is 0. The van der Waals surface area contributed by atoms with Crippen LogP contribution in [0, 0.1) is 0 Å². The predicted molar refractivity (Wildman–Crippen MR) is 59.5 cm³/mol. The molecule has 0 aromatic carbocycles. The molecule has 4 heteroatoms. The maximum absolute atomic E-state index is 12.0. The lowest BCUT2D eigenvalue weighted by Gasteiger charge is -2.16. The van der Waals surface area contributed by atoms with Crippen LogP contribution >= 0.6 is 0 Å². The minimum atomic E-state index is -0.188. The molecular weight excluding hydrogens is 204 g/mol. The first-order chi connectivity index (χ1) is 7.59. The Labute approximate surface area is 93.6 Å². The number of fused-ring (bicyclic) bond motifs is 1. The van der Waals surface area contributed by atoms with Gasteiger partial charge in [0.25, 0.3) is 0 Å². The van der Waals surface area contributed by atoms with Gasteiger partial charge in [0.1, 0.15) is 5.69 Å². The van der Waals surface area contributed by atoms with Gasteiger partial charge in [0.05, 0.1) is 5.56 Å². The second kappa shape index (κ2) is 3.98. The van der Waals surface area contributed by atoms with Gasteiger partial charge in [0.15, 0.2) is 5.78 Å². The fourth-order valence-corrected chi connectivity index (χ4v) is 1.71. The largest absolute Gasteiger partial charge is 0.305 e. The van der Waals surface area contributed by atoms with E-state index in [0.717, 1.165) is 0 Å². The normalized spacial score (nSPS) is 15.1. The zero-order valence-corrected chi connectivity index (χ0v) is 9.23. The average molecular weight is 216 g/mol. The molecule has 0 aliphatic heterocycles. The summed E-state index contributed by atoms with van der Waals surface area (Å²) < 4.78 is 0. The molecule has 2 rings (SSSR count). The standard InChI is InChI=1S/C12H12N2O2/c1-14(2)7-8-6-10(15)11-9(12(8)16)4-3-5-13-11/h3-6H,7H2,1-2H3. The van der Waals surface area contributed by atoms with E-state index >= 15 is 0 Å². The average Bonchev–Trinajstić information content (AvgIpc) is 2.25. The first-order valence-electron chi connectivity index (χ1n) is 4.99. The number of hydrogen-bond acceptors (Lipinski definition) is 4. The third kappa shape index (κ3) is 1.79. The van der Waals surface area contributed by atoms with Crippen molar-refractivity contribution in [1.82, 2.24) is 9.88 Å². The quantitative estimate of drug-likeness (QED) is 0.738. The fourth-order valence-electron chi connectivity index (χ4n) is 1.71. The van der Waals surface area contributed by atoms with E-state index in [9.17, 15) is 9.59 Å². The Morgan fingerprint density at radius 3 is 2.75 bits per heavy atom. The zero-order chi connectivity index (χ0) is 11.7. The van der Waals surface area contributed by atoms with E-state index in [1.54, 1.807) is 12.1 Å². The highest BCUT2D eigenvalue weighted by Crippen LogP contribution is 2.19. The van der Waals surface area contributed by atoms with Crippen molar-refractivity contribution in [2.24, 2.45) is 0 Å². The van der Waals surface area contributed by atoms with Crippen LogP contribution in [0.2, 0.25) is 0 Å². The smallest absolute Gasteiger partial charge is 0.205 e. The number of aromatic nitrogens is 1. The second-order valence-electron chi connectivity index (χ2n) is 4.00.